The number of rotatable bonds is 4. The van der Waals surface area contributed by atoms with E-state index >= 15 is 0 Å². The van der Waals surface area contributed by atoms with E-state index in [1.807, 2.05) is 12.1 Å². The lowest BCUT2D eigenvalue weighted by Crippen LogP contribution is -2.13. The first kappa shape index (κ1) is 16.8. The second-order valence-corrected chi connectivity index (χ2v) is 5.73. The second kappa shape index (κ2) is 6.12. The molecular formula is C19H15F3N2O. The van der Waals surface area contributed by atoms with E-state index < -0.39 is 17.6 Å². The predicted molar refractivity (Wildman–Crippen MR) is 90.7 cm³/mol. The van der Waals surface area contributed by atoms with Gasteiger partial charge in [0.25, 0.3) is 0 Å². The largest absolute Gasteiger partial charge is 0.416 e. The summed E-state index contributed by atoms with van der Waals surface area (Å²) in [6, 6.07) is 12.4. The Labute approximate surface area is 142 Å². The Hall–Kier alpha value is -3.02. The van der Waals surface area contributed by atoms with E-state index in [2.05, 4.69) is 6.58 Å². The van der Waals surface area contributed by atoms with Crippen molar-refractivity contribution >= 4 is 22.4 Å². The third-order valence-electron chi connectivity index (χ3n) is 4.02. The van der Waals surface area contributed by atoms with Gasteiger partial charge in [0, 0.05) is 29.3 Å². The van der Waals surface area contributed by atoms with Crippen LogP contribution in [0.4, 0.5) is 13.2 Å². The van der Waals surface area contributed by atoms with Crippen LogP contribution in [0.3, 0.4) is 0 Å². The molecular weight excluding hydrogens is 329 g/mol. The van der Waals surface area contributed by atoms with Gasteiger partial charge in [-0.05, 0) is 23.8 Å². The minimum atomic E-state index is -4.39. The maximum absolute atomic E-state index is 12.9. The molecule has 0 saturated heterocycles. The number of amides is 1. The highest BCUT2D eigenvalue weighted by Gasteiger charge is 2.30. The molecule has 3 rings (SSSR count). The number of hydrogen-bond donors (Lipinski definition) is 1. The van der Waals surface area contributed by atoms with Crippen LogP contribution in [0.25, 0.3) is 16.5 Å². The van der Waals surface area contributed by atoms with E-state index in [1.54, 1.807) is 29.0 Å². The average molecular weight is 344 g/mol. The number of fused-ring (bicyclic) bond motifs is 1. The Kier molecular flexibility index (Phi) is 4.12. The number of aromatic nitrogens is 1. The number of halogens is 3. The zero-order valence-corrected chi connectivity index (χ0v) is 13.2. The van der Waals surface area contributed by atoms with Gasteiger partial charge in [0.2, 0.25) is 5.91 Å². The first-order chi connectivity index (χ1) is 11.8. The number of nitrogens with two attached hydrogens (primary N) is 1. The summed E-state index contributed by atoms with van der Waals surface area (Å²) < 4.78 is 40.5. The van der Waals surface area contributed by atoms with E-state index in [4.69, 9.17) is 5.73 Å². The fraction of sp³-hybridized carbons (Fsp3) is 0.105. The highest BCUT2D eigenvalue weighted by Crippen LogP contribution is 2.30. The molecule has 0 fully saturated rings. The Balaban J connectivity index is 2.06. The van der Waals surface area contributed by atoms with E-state index in [0.29, 0.717) is 16.6 Å². The number of carbonyl (C=O) groups excluding carboxylic acids is 1. The summed E-state index contributed by atoms with van der Waals surface area (Å²) in [6.07, 6.45) is -2.62. The van der Waals surface area contributed by atoms with Crippen molar-refractivity contribution in [3.63, 3.8) is 0 Å². The van der Waals surface area contributed by atoms with Gasteiger partial charge >= 0.3 is 6.18 Å². The smallest absolute Gasteiger partial charge is 0.366 e. The molecule has 1 aromatic heterocycles. The normalized spacial score (nSPS) is 11.6. The van der Waals surface area contributed by atoms with E-state index in [1.165, 1.54) is 6.07 Å². The fourth-order valence-electron chi connectivity index (χ4n) is 2.81. The number of benzene rings is 2. The summed E-state index contributed by atoms with van der Waals surface area (Å²) in [5.41, 5.74) is 6.58. The maximum Gasteiger partial charge on any atom is 0.416 e. The van der Waals surface area contributed by atoms with Gasteiger partial charge in [-0.2, -0.15) is 13.2 Å². The predicted octanol–water partition coefficient (Wildman–Crippen LogP) is 4.21. The molecule has 6 heteroatoms. The van der Waals surface area contributed by atoms with Crippen molar-refractivity contribution in [2.24, 2.45) is 5.73 Å². The molecule has 0 aliphatic rings. The third-order valence-corrected chi connectivity index (χ3v) is 4.02. The maximum atomic E-state index is 12.9. The molecule has 128 valence electrons. The van der Waals surface area contributed by atoms with Gasteiger partial charge in [0.1, 0.15) is 0 Å². The summed E-state index contributed by atoms with van der Waals surface area (Å²) in [7, 11) is 0. The molecule has 2 aromatic carbocycles. The van der Waals surface area contributed by atoms with Crippen molar-refractivity contribution in [1.82, 2.24) is 4.57 Å². The lowest BCUT2D eigenvalue weighted by atomic mass is 10.0. The Bertz CT molecular complexity index is 970. The minimum absolute atomic E-state index is 0.162. The van der Waals surface area contributed by atoms with Crippen molar-refractivity contribution in [2.75, 3.05) is 0 Å². The lowest BCUT2D eigenvalue weighted by Gasteiger charge is -2.12. The third kappa shape index (κ3) is 3.28. The molecule has 0 spiro atoms. The number of para-hydroxylation sites is 1. The van der Waals surface area contributed by atoms with E-state index in [9.17, 15) is 18.0 Å². The van der Waals surface area contributed by atoms with Crippen LogP contribution < -0.4 is 5.73 Å². The monoisotopic (exact) mass is 344 g/mol. The highest BCUT2D eigenvalue weighted by molar-refractivity contribution is 6.21. The molecule has 0 radical (unpaired) electrons. The molecule has 0 aliphatic heterocycles. The minimum Gasteiger partial charge on any atom is -0.366 e. The Morgan fingerprint density at radius 3 is 2.52 bits per heavy atom. The zero-order valence-electron chi connectivity index (χ0n) is 13.2. The second-order valence-electron chi connectivity index (χ2n) is 5.73. The van der Waals surface area contributed by atoms with Gasteiger partial charge in [-0.25, -0.2) is 0 Å². The van der Waals surface area contributed by atoms with Crippen LogP contribution in [0.5, 0.6) is 0 Å². The molecule has 0 saturated carbocycles. The van der Waals surface area contributed by atoms with Crippen molar-refractivity contribution in [3.05, 3.63) is 78.0 Å². The summed E-state index contributed by atoms with van der Waals surface area (Å²) in [5, 5.41) is 0.854. The molecule has 1 heterocycles. The van der Waals surface area contributed by atoms with Gasteiger partial charge < -0.3 is 10.3 Å². The molecule has 0 atom stereocenters. The number of hydrogen-bond acceptors (Lipinski definition) is 1. The number of carbonyl (C=O) groups is 1. The van der Waals surface area contributed by atoms with Crippen molar-refractivity contribution in [2.45, 2.75) is 12.7 Å². The summed E-state index contributed by atoms with van der Waals surface area (Å²) in [6.45, 7) is 3.94. The number of alkyl halides is 3. The summed E-state index contributed by atoms with van der Waals surface area (Å²) in [5.74, 6) is -0.640. The van der Waals surface area contributed by atoms with Crippen molar-refractivity contribution in [3.8, 4) is 0 Å². The van der Waals surface area contributed by atoms with E-state index in [0.717, 1.165) is 17.5 Å². The molecule has 0 bridgehead atoms. The van der Waals surface area contributed by atoms with Gasteiger partial charge in [-0.3, -0.25) is 4.79 Å². The molecule has 3 nitrogen and oxygen atoms in total. The van der Waals surface area contributed by atoms with Crippen LogP contribution in [0.1, 0.15) is 16.7 Å². The summed E-state index contributed by atoms with van der Waals surface area (Å²) >= 11 is 0. The fourth-order valence-corrected chi connectivity index (χ4v) is 2.81. The number of nitrogens with zero attached hydrogens (tertiary/aromatic N) is 1. The zero-order chi connectivity index (χ0) is 18.2. The quantitative estimate of drug-likeness (QED) is 0.708. The van der Waals surface area contributed by atoms with Crippen LogP contribution in [-0.4, -0.2) is 10.5 Å². The molecule has 1 amide bonds. The first-order valence-corrected chi connectivity index (χ1v) is 7.50. The van der Waals surface area contributed by atoms with Crippen LogP contribution in [0.2, 0.25) is 0 Å². The topological polar surface area (TPSA) is 48.0 Å². The van der Waals surface area contributed by atoms with Gasteiger partial charge in [-0.15, -0.1) is 0 Å². The molecule has 0 unspecified atom stereocenters. The SMILES string of the molecule is C=C(C(N)=O)c1cccc2ccn(Cc3cccc(C(F)(F)F)c3)c12. The molecule has 0 aliphatic carbocycles. The van der Waals surface area contributed by atoms with Crippen molar-refractivity contribution < 1.29 is 18.0 Å². The molecule has 2 N–H and O–H groups in total. The Morgan fingerprint density at radius 2 is 1.84 bits per heavy atom. The molecule has 3 aromatic rings. The first-order valence-electron chi connectivity index (χ1n) is 7.50. The van der Waals surface area contributed by atoms with Crippen molar-refractivity contribution in [1.29, 1.82) is 0 Å². The van der Waals surface area contributed by atoms with Gasteiger partial charge in [-0.1, -0.05) is 36.9 Å². The van der Waals surface area contributed by atoms with Crippen LogP contribution >= 0.6 is 0 Å². The standard InChI is InChI=1S/C19H15F3N2O/c1-12(18(23)25)16-7-3-5-14-8-9-24(17(14)16)11-13-4-2-6-15(10-13)19(20,21)22/h2-10H,1,11H2,(H2,23,25). The van der Waals surface area contributed by atoms with E-state index in [-0.39, 0.29) is 12.1 Å². The average Bonchev–Trinajstić information content (AvgIpc) is 2.96. The summed E-state index contributed by atoms with van der Waals surface area (Å²) in [4.78, 5) is 11.5. The van der Waals surface area contributed by atoms with Gasteiger partial charge in [0.15, 0.2) is 0 Å². The highest BCUT2D eigenvalue weighted by atomic mass is 19.4. The van der Waals surface area contributed by atoms with Crippen LogP contribution in [0, 0.1) is 0 Å². The Morgan fingerprint density at radius 1 is 1.12 bits per heavy atom. The van der Waals surface area contributed by atoms with Crippen LogP contribution in [0.15, 0.2) is 61.3 Å². The lowest BCUT2D eigenvalue weighted by molar-refractivity contribution is -0.137. The number of primary amides is 1. The molecule has 25 heavy (non-hydrogen) atoms. The van der Waals surface area contributed by atoms with Crippen LogP contribution in [-0.2, 0) is 17.5 Å². The van der Waals surface area contributed by atoms with Gasteiger partial charge in [0.05, 0.1) is 11.1 Å².